The van der Waals surface area contributed by atoms with E-state index in [0.29, 0.717) is 10.3 Å². The summed E-state index contributed by atoms with van der Waals surface area (Å²) >= 11 is 3.27. The molecular weight excluding hydrogens is 334 g/mol. The van der Waals surface area contributed by atoms with Gasteiger partial charge < -0.3 is 4.74 Å². The van der Waals surface area contributed by atoms with Crippen molar-refractivity contribution in [2.75, 3.05) is 0 Å². The third kappa shape index (κ3) is 3.69. The molecule has 2 aromatic rings. The lowest BCUT2D eigenvalue weighted by molar-refractivity contribution is 0.00538. The molecule has 2 rings (SSSR count). The van der Waals surface area contributed by atoms with Gasteiger partial charge in [0.15, 0.2) is 10.3 Å². The molecule has 0 bridgehead atoms. The quantitative estimate of drug-likeness (QED) is 0.792. The SMILES string of the molecule is C[C@H](c1ccccc1)n1nnc(Br)c1C(=O)OC(C)(C)C. The van der Waals surface area contributed by atoms with Gasteiger partial charge in [0, 0.05) is 0 Å². The zero-order chi connectivity index (χ0) is 15.6. The Kier molecular flexibility index (Phi) is 4.46. The van der Waals surface area contributed by atoms with Crippen molar-refractivity contribution in [3.63, 3.8) is 0 Å². The number of carbonyl (C=O) groups is 1. The molecule has 0 unspecified atom stereocenters. The maximum Gasteiger partial charge on any atom is 0.360 e. The third-order valence-electron chi connectivity index (χ3n) is 2.89. The predicted octanol–water partition coefficient (Wildman–Crippen LogP) is 3.61. The van der Waals surface area contributed by atoms with Gasteiger partial charge in [-0.15, -0.1) is 5.10 Å². The van der Waals surface area contributed by atoms with Crippen LogP contribution in [0.4, 0.5) is 0 Å². The molecule has 0 aliphatic heterocycles. The fraction of sp³-hybridized carbons (Fsp3) is 0.400. The average Bonchev–Trinajstić information content (AvgIpc) is 2.79. The minimum absolute atomic E-state index is 0.118. The lowest BCUT2D eigenvalue weighted by Gasteiger charge is -2.21. The van der Waals surface area contributed by atoms with Crippen LogP contribution in [0.5, 0.6) is 0 Å². The van der Waals surface area contributed by atoms with E-state index < -0.39 is 11.6 Å². The van der Waals surface area contributed by atoms with Gasteiger partial charge in [0.05, 0.1) is 6.04 Å². The van der Waals surface area contributed by atoms with Crippen LogP contribution in [0.2, 0.25) is 0 Å². The molecule has 0 saturated heterocycles. The molecule has 0 aliphatic rings. The van der Waals surface area contributed by atoms with Crippen molar-refractivity contribution in [3.05, 3.63) is 46.2 Å². The van der Waals surface area contributed by atoms with Crippen LogP contribution >= 0.6 is 15.9 Å². The summed E-state index contributed by atoms with van der Waals surface area (Å²) in [5.41, 5.74) is 0.794. The van der Waals surface area contributed by atoms with Gasteiger partial charge in [0.1, 0.15) is 5.60 Å². The van der Waals surface area contributed by atoms with Crippen molar-refractivity contribution in [1.29, 1.82) is 0 Å². The van der Waals surface area contributed by atoms with Crippen LogP contribution in [-0.2, 0) is 4.74 Å². The van der Waals surface area contributed by atoms with Crippen molar-refractivity contribution in [1.82, 2.24) is 15.0 Å². The summed E-state index contributed by atoms with van der Waals surface area (Å²) in [5, 5.41) is 8.01. The molecule has 5 nitrogen and oxygen atoms in total. The molecule has 112 valence electrons. The van der Waals surface area contributed by atoms with Gasteiger partial charge in [-0.3, -0.25) is 0 Å². The first-order valence-corrected chi connectivity index (χ1v) is 7.48. The Morgan fingerprint density at radius 2 is 1.90 bits per heavy atom. The van der Waals surface area contributed by atoms with E-state index >= 15 is 0 Å². The molecule has 0 N–H and O–H groups in total. The Balaban J connectivity index is 2.36. The van der Waals surface area contributed by atoms with Gasteiger partial charge in [0.25, 0.3) is 0 Å². The van der Waals surface area contributed by atoms with Crippen LogP contribution < -0.4 is 0 Å². The van der Waals surface area contributed by atoms with Crippen molar-refractivity contribution in [3.8, 4) is 0 Å². The summed E-state index contributed by atoms with van der Waals surface area (Å²) < 4.78 is 7.39. The van der Waals surface area contributed by atoms with Crippen LogP contribution in [0.25, 0.3) is 0 Å². The number of benzene rings is 1. The fourth-order valence-corrected chi connectivity index (χ4v) is 2.34. The summed E-state index contributed by atoms with van der Waals surface area (Å²) in [7, 11) is 0. The molecule has 0 fully saturated rings. The number of hydrogen-bond donors (Lipinski definition) is 0. The number of aromatic nitrogens is 3. The molecular formula is C15H18BrN3O2. The van der Waals surface area contributed by atoms with E-state index in [1.54, 1.807) is 4.68 Å². The first-order valence-electron chi connectivity index (χ1n) is 6.68. The van der Waals surface area contributed by atoms with E-state index in [1.165, 1.54) is 0 Å². The first-order chi connectivity index (χ1) is 9.79. The van der Waals surface area contributed by atoms with Crippen molar-refractivity contribution in [2.45, 2.75) is 39.3 Å². The molecule has 1 atom stereocenters. The second-order valence-electron chi connectivity index (χ2n) is 5.76. The van der Waals surface area contributed by atoms with Gasteiger partial charge in [-0.05, 0) is 49.2 Å². The number of rotatable bonds is 3. The summed E-state index contributed by atoms with van der Waals surface area (Å²) in [5.74, 6) is -0.442. The summed E-state index contributed by atoms with van der Waals surface area (Å²) in [6.45, 7) is 7.44. The van der Waals surface area contributed by atoms with Crippen LogP contribution in [0.15, 0.2) is 34.9 Å². The molecule has 1 heterocycles. The normalized spacial score (nSPS) is 13.0. The number of hydrogen-bond acceptors (Lipinski definition) is 4. The number of nitrogens with zero attached hydrogens (tertiary/aromatic N) is 3. The van der Waals surface area contributed by atoms with Gasteiger partial charge in [-0.1, -0.05) is 35.5 Å². The van der Waals surface area contributed by atoms with Gasteiger partial charge in [-0.2, -0.15) is 0 Å². The van der Waals surface area contributed by atoms with E-state index in [-0.39, 0.29) is 6.04 Å². The highest BCUT2D eigenvalue weighted by Gasteiger charge is 2.27. The Hall–Kier alpha value is -1.69. The first kappa shape index (κ1) is 15.7. The van der Waals surface area contributed by atoms with Gasteiger partial charge in [-0.25, -0.2) is 9.48 Å². The smallest absolute Gasteiger partial charge is 0.360 e. The molecule has 0 spiro atoms. The Morgan fingerprint density at radius 3 is 2.48 bits per heavy atom. The van der Waals surface area contributed by atoms with E-state index in [0.717, 1.165) is 5.56 Å². The molecule has 0 amide bonds. The monoisotopic (exact) mass is 351 g/mol. The highest BCUT2D eigenvalue weighted by atomic mass is 79.9. The minimum Gasteiger partial charge on any atom is -0.455 e. The number of ether oxygens (including phenoxy) is 1. The van der Waals surface area contributed by atoms with Crippen LogP contribution in [-0.4, -0.2) is 26.6 Å². The highest BCUT2D eigenvalue weighted by Crippen LogP contribution is 2.24. The molecule has 21 heavy (non-hydrogen) atoms. The van der Waals surface area contributed by atoms with Gasteiger partial charge in [0.2, 0.25) is 0 Å². The van der Waals surface area contributed by atoms with Crippen LogP contribution in [0.3, 0.4) is 0 Å². The predicted molar refractivity (Wildman–Crippen MR) is 83.1 cm³/mol. The lowest BCUT2D eigenvalue weighted by atomic mass is 10.1. The van der Waals surface area contributed by atoms with Crippen LogP contribution in [0.1, 0.15) is 49.8 Å². The fourth-order valence-electron chi connectivity index (χ4n) is 1.92. The van der Waals surface area contributed by atoms with Gasteiger partial charge >= 0.3 is 5.97 Å². The maximum absolute atomic E-state index is 12.3. The second kappa shape index (κ2) is 5.97. The molecule has 1 aromatic heterocycles. The third-order valence-corrected chi connectivity index (χ3v) is 3.43. The molecule has 1 aromatic carbocycles. The highest BCUT2D eigenvalue weighted by molar-refractivity contribution is 9.10. The summed E-state index contributed by atoms with van der Waals surface area (Å²) in [6.07, 6.45) is 0. The topological polar surface area (TPSA) is 57.0 Å². The number of carbonyl (C=O) groups excluding carboxylic acids is 1. The van der Waals surface area contributed by atoms with Crippen molar-refractivity contribution >= 4 is 21.9 Å². The van der Waals surface area contributed by atoms with Crippen molar-refractivity contribution in [2.24, 2.45) is 0 Å². The van der Waals surface area contributed by atoms with E-state index in [1.807, 2.05) is 58.0 Å². The summed E-state index contributed by atoms with van der Waals surface area (Å²) in [6, 6.07) is 9.70. The Bertz CT molecular complexity index is 632. The second-order valence-corrected chi connectivity index (χ2v) is 6.51. The maximum atomic E-state index is 12.3. The zero-order valence-electron chi connectivity index (χ0n) is 12.5. The molecule has 0 aliphatic carbocycles. The van der Waals surface area contributed by atoms with Crippen LogP contribution in [0, 0.1) is 0 Å². The Labute approximate surface area is 132 Å². The largest absolute Gasteiger partial charge is 0.455 e. The number of esters is 1. The average molecular weight is 352 g/mol. The number of halogens is 1. The zero-order valence-corrected chi connectivity index (χ0v) is 14.1. The molecule has 6 heteroatoms. The molecule has 0 radical (unpaired) electrons. The molecule has 0 saturated carbocycles. The van der Waals surface area contributed by atoms with E-state index in [9.17, 15) is 4.79 Å². The summed E-state index contributed by atoms with van der Waals surface area (Å²) in [4.78, 5) is 12.3. The Morgan fingerprint density at radius 1 is 1.29 bits per heavy atom. The van der Waals surface area contributed by atoms with Crippen molar-refractivity contribution < 1.29 is 9.53 Å². The minimum atomic E-state index is -0.568. The van der Waals surface area contributed by atoms with E-state index in [4.69, 9.17) is 4.74 Å². The standard InChI is InChI=1S/C15H18BrN3O2/c1-10(11-8-6-5-7-9-11)19-12(13(16)17-18-19)14(20)21-15(2,3)4/h5-10H,1-4H3/t10-/m1/s1. The van der Waals surface area contributed by atoms with E-state index in [2.05, 4.69) is 26.2 Å². The lowest BCUT2D eigenvalue weighted by Crippen LogP contribution is -2.26.